The molecule has 7 heteroatoms. The van der Waals surface area contributed by atoms with E-state index in [1.54, 1.807) is 30.6 Å². The average Bonchev–Trinajstić information content (AvgIpc) is 2.41. The molecule has 0 aromatic carbocycles. The molecule has 0 unspecified atom stereocenters. The van der Waals surface area contributed by atoms with Gasteiger partial charge >= 0.3 is 0 Å². The van der Waals surface area contributed by atoms with Crippen LogP contribution in [0.2, 0.25) is 0 Å². The highest BCUT2D eigenvalue weighted by atomic mass is 79.9. The van der Waals surface area contributed by atoms with Crippen LogP contribution in [-0.4, -0.2) is 15.9 Å². The fourth-order valence-corrected chi connectivity index (χ4v) is 1.71. The highest BCUT2D eigenvalue weighted by Gasteiger charge is 2.12. The number of anilines is 2. The summed E-state index contributed by atoms with van der Waals surface area (Å²) in [5.41, 5.74) is 3.28. The predicted molar refractivity (Wildman–Crippen MR) is 71.9 cm³/mol. The van der Waals surface area contributed by atoms with Crippen LogP contribution < -0.4 is 16.6 Å². The van der Waals surface area contributed by atoms with E-state index in [2.05, 4.69) is 36.6 Å². The van der Waals surface area contributed by atoms with E-state index in [4.69, 9.17) is 5.84 Å². The van der Waals surface area contributed by atoms with Gasteiger partial charge in [0.05, 0.1) is 15.7 Å². The third-order valence-corrected chi connectivity index (χ3v) is 2.85. The number of pyridine rings is 2. The number of hydrogen-bond acceptors (Lipinski definition) is 5. The number of nitrogen functional groups attached to an aromatic ring is 1. The lowest BCUT2D eigenvalue weighted by Gasteiger charge is -2.09. The molecule has 6 nitrogen and oxygen atoms in total. The zero-order valence-electron chi connectivity index (χ0n) is 9.22. The normalized spacial score (nSPS) is 9.89. The molecule has 2 heterocycles. The molecule has 2 aromatic heterocycles. The quantitative estimate of drug-likeness (QED) is 0.593. The molecule has 92 valence electrons. The minimum Gasteiger partial charge on any atom is -0.323 e. The van der Waals surface area contributed by atoms with Gasteiger partial charge in [-0.15, -0.1) is 0 Å². The first-order valence-electron chi connectivity index (χ1n) is 5.05. The molecule has 0 atom stereocenters. The first kappa shape index (κ1) is 12.5. The van der Waals surface area contributed by atoms with Gasteiger partial charge < -0.3 is 10.7 Å². The molecule has 0 saturated carbocycles. The maximum Gasteiger partial charge on any atom is 0.260 e. The molecule has 0 bridgehead atoms. The summed E-state index contributed by atoms with van der Waals surface area (Å²) in [5, 5.41) is 2.67. The molecule has 0 aliphatic carbocycles. The van der Waals surface area contributed by atoms with Gasteiger partial charge in [0.1, 0.15) is 5.82 Å². The third kappa shape index (κ3) is 2.63. The largest absolute Gasteiger partial charge is 0.323 e. The minimum atomic E-state index is -0.338. The standard InChI is InChI=1S/C11H10BrN5O/c12-8-2-1-4-15-10(8)16-11(18)7-6-14-5-3-9(7)17-13/h1-6H,13H2,(H,14,17)(H,15,16,18). The van der Waals surface area contributed by atoms with Crippen LogP contribution >= 0.6 is 15.9 Å². The van der Waals surface area contributed by atoms with E-state index in [0.29, 0.717) is 21.5 Å². The number of halogens is 1. The fraction of sp³-hybridized carbons (Fsp3) is 0. The maximum absolute atomic E-state index is 12.0. The van der Waals surface area contributed by atoms with Crippen molar-refractivity contribution in [2.24, 2.45) is 5.84 Å². The molecule has 0 spiro atoms. The Balaban J connectivity index is 2.25. The molecule has 0 aliphatic rings. The maximum atomic E-state index is 12.0. The fourth-order valence-electron chi connectivity index (χ4n) is 1.35. The SMILES string of the molecule is NNc1ccncc1C(=O)Nc1ncccc1Br. The molecule has 2 rings (SSSR count). The number of nitrogens with zero attached hydrogens (tertiary/aromatic N) is 2. The highest BCUT2D eigenvalue weighted by Crippen LogP contribution is 2.20. The summed E-state index contributed by atoms with van der Waals surface area (Å²) in [5.74, 6) is 5.43. The van der Waals surface area contributed by atoms with Gasteiger partial charge in [0.25, 0.3) is 5.91 Å². The molecule has 18 heavy (non-hydrogen) atoms. The molecular weight excluding hydrogens is 298 g/mol. The van der Waals surface area contributed by atoms with Gasteiger partial charge in [-0.05, 0) is 34.1 Å². The summed E-state index contributed by atoms with van der Waals surface area (Å²) in [7, 11) is 0. The Morgan fingerprint density at radius 1 is 1.33 bits per heavy atom. The van der Waals surface area contributed by atoms with Gasteiger partial charge in [0.15, 0.2) is 0 Å². The molecule has 0 fully saturated rings. The Labute approximate surface area is 112 Å². The van der Waals surface area contributed by atoms with Gasteiger partial charge in [-0.2, -0.15) is 0 Å². The van der Waals surface area contributed by atoms with Crippen molar-refractivity contribution < 1.29 is 4.79 Å². The number of carbonyl (C=O) groups is 1. The van der Waals surface area contributed by atoms with Crippen LogP contribution in [0.5, 0.6) is 0 Å². The number of rotatable bonds is 3. The first-order chi connectivity index (χ1) is 8.72. The average molecular weight is 308 g/mol. The molecule has 0 radical (unpaired) electrons. The Kier molecular flexibility index (Phi) is 3.85. The second-order valence-corrected chi connectivity index (χ2v) is 4.21. The molecular formula is C11H10BrN5O. The van der Waals surface area contributed by atoms with Crippen LogP contribution in [0.1, 0.15) is 10.4 Å². The summed E-state index contributed by atoms with van der Waals surface area (Å²) in [6, 6.07) is 5.16. The molecule has 2 aromatic rings. The van der Waals surface area contributed by atoms with Crippen LogP contribution in [0.4, 0.5) is 11.5 Å². The number of hydrazine groups is 1. The van der Waals surface area contributed by atoms with E-state index in [1.165, 1.54) is 6.20 Å². The van der Waals surface area contributed by atoms with Crippen LogP contribution in [0.3, 0.4) is 0 Å². The van der Waals surface area contributed by atoms with Crippen molar-refractivity contribution >= 4 is 33.3 Å². The van der Waals surface area contributed by atoms with Gasteiger partial charge in [-0.25, -0.2) is 4.98 Å². The van der Waals surface area contributed by atoms with Crippen LogP contribution in [0.25, 0.3) is 0 Å². The van der Waals surface area contributed by atoms with Crippen molar-refractivity contribution in [3.05, 3.63) is 46.8 Å². The van der Waals surface area contributed by atoms with E-state index in [-0.39, 0.29) is 5.91 Å². The number of amides is 1. The van der Waals surface area contributed by atoms with E-state index in [0.717, 1.165) is 0 Å². The molecule has 0 saturated heterocycles. The van der Waals surface area contributed by atoms with Gasteiger partial charge in [-0.3, -0.25) is 15.6 Å². The van der Waals surface area contributed by atoms with E-state index >= 15 is 0 Å². The molecule has 4 N–H and O–H groups in total. The van der Waals surface area contributed by atoms with Crippen molar-refractivity contribution in [2.45, 2.75) is 0 Å². The predicted octanol–water partition coefficient (Wildman–Crippen LogP) is 1.78. The number of nitrogens with two attached hydrogens (primary N) is 1. The van der Waals surface area contributed by atoms with Gasteiger partial charge in [0.2, 0.25) is 0 Å². The second kappa shape index (κ2) is 5.56. The zero-order valence-corrected chi connectivity index (χ0v) is 10.8. The topological polar surface area (TPSA) is 92.9 Å². The molecule has 1 amide bonds. The molecule has 0 aliphatic heterocycles. The highest BCUT2D eigenvalue weighted by molar-refractivity contribution is 9.10. The van der Waals surface area contributed by atoms with Crippen LogP contribution in [0, 0.1) is 0 Å². The lowest BCUT2D eigenvalue weighted by atomic mass is 10.2. The first-order valence-corrected chi connectivity index (χ1v) is 5.84. The summed E-state index contributed by atoms with van der Waals surface area (Å²) >= 11 is 3.30. The number of carbonyl (C=O) groups excluding carboxylic acids is 1. The minimum absolute atomic E-state index is 0.338. The summed E-state index contributed by atoms with van der Waals surface area (Å²) in [4.78, 5) is 20.0. The van der Waals surface area contributed by atoms with Crippen LogP contribution in [0.15, 0.2) is 41.3 Å². The van der Waals surface area contributed by atoms with Crippen molar-refractivity contribution in [1.82, 2.24) is 9.97 Å². The van der Waals surface area contributed by atoms with Crippen molar-refractivity contribution in [3.63, 3.8) is 0 Å². The number of hydrogen-bond donors (Lipinski definition) is 3. The van der Waals surface area contributed by atoms with Crippen LogP contribution in [-0.2, 0) is 0 Å². The Bertz CT molecular complexity index is 575. The Morgan fingerprint density at radius 3 is 2.89 bits per heavy atom. The smallest absolute Gasteiger partial charge is 0.260 e. The van der Waals surface area contributed by atoms with E-state index in [1.807, 2.05) is 0 Å². The summed E-state index contributed by atoms with van der Waals surface area (Å²) in [6.07, 6.45) is 4.57. The monoisotopic (exact) mass is 307 g/mol. The van der Waals surface area contributed by atoms with Crippen molar-refractivity contribution in [3.8, 4) is 0 Å². The van der Waals surface area contributed by atoms with Gasteiger partial charge in [-0.1, -0.05) is 0 Å². The van der Waals surface area contributed by atoms with E-state index < -0.39 is 0 Å². The summed E-state index contributed by atoms with van der Waals surface area (Å²) in [6.45, 7) is 0. The van der Waals surface area contributed by atoms with E-state index in [9.17, 15) is 4.79 Å². The van der Waals surface area contributed by atoms with Crippen molar-refractivity contribution in [2.75, 3.05) is 10.7 Å². The van der Waals surface area contributed by atoms with Crippen molar-refractivity contribution in [1.29, 1.82) is 0 Å². The number of nitrogens with one attached hydrogen (secondary N) is 2. The summed E-state index contributed by atoms with van der Waals surface area (Å²) < 4.78 is 0.699. The number of aromatic nitrogens is 2. The second-order valence-electron chi connectivity index (χ2n) is 3.35. The lowest BCUT2D eigenvalue weighted by molar-refractivity contribution is 0.102. The zero-order chi connectivity index (χ0) is 13.0. The third-order valence-electron chi connectivity index (χ3n) is 2.21. The van der Waals surface area contributed by atoms with Gasteiger partial charge in [0, 0.05) is 18.6 Å². The lowest BCUT2D eigenvalue weighted by Crippen LogP contribution is -2.18. The Morgan fingerprint density at radius 2 is 2.17 bits per heavy atom. The Hall–Kier alpha value is -1.99.